The maximum absolute atomic E-state index is 11.0. The van der Waals surface area contributed by atoms with E-state index in [0.29, 0.717) is 6.42 Å². The molecule has 0 aliphatic carbocycles. The molecule has 1 aromatic carbocycles. The van der Waals surface area contributed by atoms with Crippen molar-refractivity contribution in [1.82, 2.24) is 0 Å². The number of benzene rings is 1. The molecule has 0 saturated heterocycles. The van der Waals surface area contributed by atoms with Gasteiger partial charge in [0, 0.05) is 13.0 Å². The Morgan fingerprint density at radius 2 is 1.23 bits per heavy atom. The van der Waals surface area contributed by atoms with Crippen molar-refractivity contribution in [3.8, 4) is 0 Å². The summed E-state index contributed by atoms with van der Waals surface area (Å²) < 4.78 is 10.4. The van der Waals surface area contributed by atoms with Crippen LogP contribution in [0.3, 0.4) is 0 Å². The Bertz CT molecular complexity index is 430. The minimum Gasteiger partial charge on any atom is -0.469 e. The maximum Gasteiger partial charge on any atom is 0.305 e. The standard InChI is InChI=1S/C23H38O3/c1-25-23(24)19-15-10-8-6-4-2-3-5-7-9-11-16-20-26-21-22-17-13-12-14-18-22/h12-14,17-18H,2-11,15-16,19-21H2,1H3. The molecule has 1 rings (SSSR count). The van der Waals surface area contributed by atoms with Gasteiger partial charge in [-0.1, -0.05) is 94.5 Å². The lowest BCUT2D eigenvalue weighted by atomic mass is 10.0. The molecular formula is C23H38O3. The number of hydrogen-bond acceptors (Lipinski definition) is 3. The van der Waals surface area contributed by atoms with Crippen LogP contribution in [-0.2, 0) is 20.9 Å². The molecule has 0 saturated carbocycles. The monoisotopic (exact) mass is 362 g/mol. The average Bonchev–Trinajstić information content (AvgIpc) is 2.68. The topological polar surface area (TPSA) is 35.5 Å². The summed E-state index contributed by atoms with van der Waals surface area (Å²) in [4.78, 5) is 11.0. The van der Waals surface area contributed by atoms with Crippen LogP contribution in [0.5, 0.6) is 0 Å². The zero-order chi connectivity index (χ0) is 18.7. The molecular weight excluding hydrogens is 324 g/mol. The summed E-state index contributed by atoms with van der Waals surface area (Å²) in [5, 5.41) is 0. The largest absolute Gasteiger partial charge is 0.469 e. The highest BCUT2D eigenvalue weighted by molar-refractivity contribution is 5.68. The highest BCUT2D eigenvalue weighted by atomic mass is 16.5. The van der Waals surface area contributed by atoms with Crippen molar-refractivity contribution >= 4 is 5.97 Å². The van der Waals surface area contributed by atoms with Gasteiger partial charge in [-0.2, -0.15) is 0 Å². The van der Waals surface area contributed by atoms with Crippen LogP contribution in [0.2, 0.25) is 0 Å². The predicted molar refractivity (Wildman–Crippen MR) is 108 cm³/mol. The molecule has 0 amide bonds. The van der Waals surface area contributed by atoms with Crippen molar-refractivity contribution in [2.24, 2.45) is 0 Å². The summed E-state index contributed by atoms with van der Waals surface area (Å²) in [7, 11) is 1.46. The van der Waals surface area contributed by atoms with Crippen LogP contribution in [0.25, 0.3) is 0 Å². The molecule has 0 N–H and O–H groups in total. The smallest absolute Gasteiger partial charge is 0.305 e. The maximum atomic E-state index is 11.0. The number of rotatable bonds is 17. The Morgan fingerprint density at radius 3 is 1.77 bits per heavy atom. The highest BCUT2D eigenvalue weighted by Gasteiger charge is 1.99. The Balaban J connectivity index is 1.71. The first-order chi connectivity index (χ1) is 12.8. The molecule has 3 nitrogen and oxygen atoms in total. The van der Waals surface area contributed by atoms with E-state index < -0.39 is 0 Å². The lowest BCUT2D eigenvalue weighted by molar-refractivity contribution is -0.140. The predicted octanol–water partition coefficient (Wildman–Crippen LogP) is 6.45. The Morgan fingerprint density at radius 1 is 0.731 bits per heavy atom. The summed E-state index contributed by atoms with van der Waals surface area (Å²) in [5.74, 6) is -0.0762. The zero-order valence-electron chi connectivity index (χ0n) is 16.7. The molecule has 0 spiro atoms. The lowest BCUT2D eigenvalue weighted by Crippen LogP contribution is -1.99. The quantitative estimate of drug-likeness (QED) is 0.236. The molecule has 0 aromatic heterocycles. The molecule has 0 atom stereocenters. The molecule has 0 radical (unpaired) electrons. The first-order valence-electron chi connectivity index (χ1n) is 10.5. The molecule has 0 bridgehead atoms. The highest BCUT2D eigenvalue weighted by Crippen LogP contribution is 2.13. The third kappa shape index (κ3) is 13.9. The average molecular weight is 363 g/mol. The van der Waals surface area contributed by atoms with Crippen LogP contribution in [0.1, 0.15) is 89.0 Å². The third-order valence-corrected chi connectivity index (χ3v) is 4.76. The fourth-order valence-electron chi connectivity index (χ4n) is 3.11. The number of ether oxygens (including phenoxy) is 2. The van der Waals surface area contributed by atoms with E-state index >= 15 is 0 Å². The molecule has 26 heavy (non-hydrogen) atoms. The molecule has 1 aromatic rings. The van der Waals surface area contributed by atoms with Gasteiger partial charge < -0.3 is 9.47 Å². The summed E-state index contributed by atoms with van der Waals surface area (Å²) >= 11 is 0. The fraction of sp³-hybridized carbons (Fsp3) is 0.696. The molecule has 0 aliphatic heterocycles. The van der Waals surface area contributed by atoms with Crippen LogP contribution in [-0.4, -0.2) is 19.7 Å². The number of hydrogen-bond donors (Lipinski definition) is 0. The summed E-state index contributed by atoms with van der Waals surface area (Å²) in [6, 6.07) is 10.4. The van der Waals surface area contributed by atoms with Crippen LogP contribution >= 0.6 is 0 Å². The molecule has 0 heterocycles. The Labute approximate surface area is 160 Å². The second kappa shape index (κ2) is 17.1. The van der Waals surface area contributed by atoms with Crippen molar-refractivity contribution in [3.05, 3.63) is 35.9 Å². The molecule has 0 fully saturated rings. The van der Waals surface area contributed by atoms with Crippen molar-refractivity contribution in [1.29, 1.82) is 0 Å². The van der Waals surface area contributed by atoms with Crippen LogP contribution in [0, 0.1) is 0 Å². The second-order valence-electron chi connectivity index (χ2n) is 7.11. The van der Waals surface area contributed by atoms with E-state index in [-0.39, 0.29) is 5.97 Å². The van der Waals surface area contributed by atoms with E-state index in [2.05, 4.69) is 29.0 Å². The van der Waals surface area contributed by atoms with Crippen LogP contribution in [0.4, 0.5) is 0 Å². The van der Waals surface area contributed by atoms with E-state index in [0.717, 1.165) is 26.1 Å². The number of carbonyl (C=O) groups excluding carboxylic acids is 1. The van der Waals surface area contributed by atoms with E-state index in [1.165, 1.54) is 76.9 Å². The van der Waals surface area contributed by atoms with Crippen molar-refractivity contribution in [3.63, 3.8) is 0 Å². The summed E-state index contributed by atoms with van der Waals surface area (Å²) in [6.07, 6.45) is 15.9. The summed E-state index contributed by atoms with van der Waals surface area (Å²) in [6.45, 7) is 1.62. The van der Waals surface area contributed by atoms with Crippen molar-refractivity contribution in [2.45, 2.75) is 90.1 Å². The van der Waals surface area contributed by atoms with E-state index in [1.807, 2.05) is 6.07 Å². The van der Waals surface area contributed by atoms with Gasteiger partial charge in [0.1, 0.15) is 0 Å². The minimum absolute atomic E-state index is 0.0762. The minimum atomic E-state index is -0.0762. The molecule has 0 aliphatic rings. The number of carbonyl (C=O) groups is 1. The van der Waals surface area contributed by atoms with Gasteiger partial charge >= 0.3 is 5.97 Å². The molecule has 0 unspecified atom stereocenters. The SMILES string of the molecule is COC(=O)CCCCCCCCCCCCCCOCc1ccccc1. The van der Waals surface area contributed by atoms with E-state index in [4.69, 9.17) is 4.74 Å². The first-order valence-corrected chi connectivity index (χ1v) is 10.5. The molecule has 148 valence electrons. The van der Waals surface area contributed by atoms with Gasteiger partial charge in [0.2, 0.25) is 0 Å². The molecule has 3 heteroatoms. The fourth-order valence-corrected chi connectivity index (χ4v) is 3.11. The van der Waals surface area contributed by atoms with Crippen molar-refractivity contribution in [2.75, 3.05) is 13.7 Å². The van der Waals surface area contributed by atoms with E-state index in [9.17, 15) is 4.79 Å². The second-order valence-corrected chi connectivity index (χ2v) is 7.11. The zero-order valence-corrected chi connectivity index (χ0v) is 16.7. The summed E-state index contributed by atoms with van der Waals surface area (Å²) in [5.41, 5.74) is 1.26. The van der Waals surface area contributed by atoms with Gasteiger partial charge in [0.25, 0.3) is 0 Å². The van der Waals surface area contributed by atoms with E-state index in [1.54, 1.807) is 0 Å². The van der Waals surface area contributed by atoms with Crippen LogP contribution < -0.4 is 0 Å². The van der Waals surface area contributed by atoms with Gasteiger partial charge in [-0.15, -0.1) is 0 Å². The van der Waals surface area contributed by atoms with Gasteiger partial charge in [-0.25, -0.2) is 0 Å². The van der Waals surface area contributed by atoms with Gasteiger partial charge in [0.15, 0.2) is 0 Å². The third-order valence-electron chi connectivity index (χ3n) is 4.76. The number of methoxy groups -OCH3 is 1. The lowest BCUT2D eigenvalue weighted by Gasteiger charge is -2.05. The normalized spacial score (nSPS) is 10.8. The number of esters is 1. The van der Waals surface area contributed by atoms with Gasteiger partial charge in [-0.05, 0) is 18.4 Å². The van der Waals surface area contributed by atoms with Gasteiger partial charge in [0.05, 0.1) is 13.7 Å². The Hall–Kier alpha value is -1.35. The van der Waals surface area contributed by atoms with Crippen LogP contribution in [0.15, 0.2) is 30.3 Å². The number of unbranched alkanes of at least 4 members (excludes halogenated alkanes) is 11. The Kier molecular flexibility index (Phi) is 14.9. The van der Waals surface area contributed by atoms with Crippen molar-refractivity contribution < 1.29 is 14.3 Å². The first kappa shape index (κ1) is 22.7. The van der Waals surface area contributed by atoms with Gasteiger partial charge in [-0.3, -0.25) is 4.79 Å².